The van der Waals surface area contributed by atoms with Crippen LogP contribution >= 0.6 is 0 Å². The second-order valence-corrected chi connectivity index (χ2v) is 6.19. The number of allylic oxidation sites excluding steroid dienone is 2. The molecule has 112 valence electrons. The summed E-state index contributed by atoms with van der Waals surface area (Å²) < 4.78 is 0. The van der Waals surface area contributed by atoms with Gasteiger partial charge in [-0.25, -0.2) is 0 Å². The van der Waals surface area contributed by atoms with Gasteiger partial charge in [0.25, 0.3) is 5.69 Å². The summed E-state index contributed by atoms with van der Waals surface area (Å²) >= 11 is 0. The molecule has 1 heterocycles. The Kier molecular flexibility index (Phi) is 2.69. The van der Waals surface area contributed by atoms with Gasteiger partial charge in [0, 0.05) is 12.1 Å². The van der Waals surface area contributed by atoms with Crippen molar-refractivity contribution in [3.05, 3.63) is 52.1 Å². The van der Waals surface area contributed by atoms with E-state index in [2.05, 4.69) is 12.2 Å². The zero-order valence-corrected chi connectivity index (χ0v) is 11.7. The van der Waals surface area contributed by atoms with Crippen LogP contribution in [0.1, 0.15) is 12.0 Å². The maximum atomic E-state index is 12.5. The summed E-state index contributed by atoms with van der Waals surface area (Å²) in [4.78, 5) is 36.6. The lowest BCUT2D eigenvalue weighted by Gasteiger charge is -2.17. The highest BCUT2D eigenvalue weighted by Gasteiger charge is 2.59. The molecule has 0 spiro atoms. The number of nitro benzene ring substituents is 1. The van der Waals surface area contributed by atoms with E-state index in [1.807, 2.05) is 0 Å². The molecule has 6 heteroatoms. The number of fused-ring (bicyclic) bond motifs is 5. The lowest BCUT2D eigenvalue weighted by molar-refractivity contribution is -0.384. The summed E-state index contributed by atoms with van der Waals surface area (Å²) in [5, 5.41) is 10.7. The molecule has 22 heavy (non-hydrogen) atoms. The smallest absolute Gasteiger partial charge is 0.269 e. The van der Waals surface area contributed by atoms with Gasteiger partial charge < -0.3 is 0 Å². The van der Waals surface area contributed by atoms with Gasteiger partial charge in [-0.3, -0.25) is 24.6 Å². The van der Waals surface area contributed by atoms with Crippen LogP contribution in [0.3, 0.4) is 0 Å². The lowest BCUT2D eigenvalue weighted by atomic mass is 9.85. The van der Waals surface area contributed by atoms with Crippen LogP contribution in [-0.2, 0) is 16.1 Å². The number of hydrogen-bond acceptors (Lipinski definition) is 4. The molecular formula is C16H14N2O4. The molecule has 2 fully saturated rings. The van der Waals surface area contributed by atoms with Crippen molar-refractivity contribution in [1.82, 2.24) is 4.90 Å². The van der Waals surface area contributed by atoms with E-state index in [-0.39, 0.29) is 47.7 Å². The first-order valence-electron chi connectivity index (χ1n) is 7.33. The highest BCUT2D eigenvalue weighted by Crippen LogP contribution is 2.52. The van der Waals surface area contributed by atoms with E-state index in [1.54, 1.807) is 12.1 Å². The van der Waals surface area contributed by atoms with Gasteiger partial charge in [0.15, 0.2) is 0 Å². The Hall–Kier alpha value is -2.50. The van der Waals surface area contributed by atoms with Crippen LogP contribution in [0.2, 0.25) is 0 Å². The van der Waals surface area contributed by atoms with Gasteiger partial charge in [0.2, 0.25) is 11.8 Å². The molecule has 6 nitrogen and oxygen atoms in total. The van der Waals surface area contributed by atoms with Gasteiger partial charge in [-0.15, -0.1) is 0 Å². The summed E-state index contributed by atoms with van der Waals surface area (Å²) in [6.45, 7) is 0.197. The number of nitrogens with zero attached hydrogens (tertiary/aromatic N) is 2. The second-order valence-electron chi connectivity index (χ2n) is 6.19. The van der Waals surface area contributed by atoms with Crippen molar-refractivity contribution in [1.29, 1.82) is 0 Å². The lowest BCUT2D eigenvalue weighted by Crippen LogP contribution is -2.32. The van der Waals surface area contributed by atoms with Crippen molar-refractivity contribution in [2.24, 2.45) is 23.7 Å². The largest absolute Gasteiger partial charge is 0.278 e. The Bertz CT molecular complexity index is 679. The molecule has 1 saturated heterocycles. The SMILES string of the molecule is O=C1[C@@H]2[C@@H](C(=O)N1Cc1ccc([N+](=O)[O-])cc1)[C@H]1C=C[C@H]2C1. The molecule has 2 bridgehead atoms. The molecule has 0 unspecified atom stereocenters. The van der Waals surface area contributed by atoms with Crippen LogP contribution < -0.4 is 0 Å². The molecular weight excluding hydrogens is 284 g/mol. The Morgan fingerprint density at radius 2 is 1.59 bits per heavy atom. The molecule has 2 amide bonds. The minimum atomic E-state index is -0.469. The van der Waals surface area contributed by atoms with Crippen molar-refractivity contribution in [2.45, 2.75) is 13.0 Å². The number of carbonyl (C=O) groups is 2. The third kappa shape index (κ3) is 1.73. The van der Waals surface area contributed by atoms with E-state index in [0.29, 0.717) is 0 Å². The first-order valence-corrected chi connectivity index (χ1v) is 7.33. The standard InChI is InChI=1S/C16H14N2O4/c19-15-13-10-3-4-11(7-10)14(13)16(20)17(15)8-9-1-5-12(6-2-9)18(21)22/h1-6,10-11,13-14H,7-8H2/t10-,11-,13-,14-/m0/s1. The molecule has 3 aliphatic rings. The summed E-state index contributed by atoms with van der Waals surface area (Å²) in [7, 11) is 0. The van der Waals surface area contributed by atoms with Gasteiger partial charge in [-0.05, 0) is 23.8 Å². The number of non-ortho nitro benzene ring substituents is 1. The van der Waals surface area contributed by atoms with Crippen molar-refractivity contribution in [3.63, 3.8) is 0 Å². The van der Waals surface area contributed by atoms with Crippen LogP contribution in [0.15, 0.2) is 36.4 Å². The van der Waals surface area contributed by atoms with Crippen molar-refractivity contribution >= 4 is 17.5 Å². The maximum Gasteiger partial charge on any atom is 0.269 e. The summed E-state index contributed by atoms with van der Waals surface area (Å²) in [6.07, 6.45) is 5.04. The number of hydrogen-bond donors (Lipinski definition) is 0. The Morgan fingerprint density at radius 3 is 2.09 bits per heavy atom. The van der Waals surface area contributed by atoms with E-state index in [4.69, 9.17) is 0 Å². The van der Waals surface area contributed by atoms with E-state index < -0.39 is 4.92 Å². The molecule has 1 saturated carbocycles. The molecule has 1 aromatic carbocycles. The predicted molar refractivity (Wildman–Crippen MR) is 76.4 cm³/mol. The minimum Gasteiger partial charge on any atom is -0.278 e. The monoisotopic (exact) mass is 298 g/mol. The number of benzene rings is 1. The predicted octanol–water partition coefficient (Wildman–Crippen LogP) is 1.90. The molecule has 1 aliphatic heterocycles. The van der Waals surface area contributed by atoms with E-state index in [1.165, 1.54) is 17.0 Å². The quantitative estimate of drug-likeness (QED) is 0.369. The third-order valence-electron chi connectivity index (χ3n) is 5.05. The minimum absolute atomic E-state index is 0.00180. The molecule has 4 rings (SSSR count). The summed E-state index contributed by atoms with van der Waals surface area (Å²) in [5.41, 5.74) is 0.731. The van der Waals surface area contributed by atoms with Gasteiger partial charge in [-0.1, -0.05) is 24.3 Å². The van der Waals surface area contributed by atoms with E-state index in [9.17, 15) is 19.7 Å². The number of amides is 2. The first kappa shape index (κ1) is 13.2. The Labute approximate surface area is 126 Å². The van der Waals surface area contributed by atoms with Gasteiger partial charge >= 0.3 is 0 Å². The van der Waals surface area contributed by atoms with Crippen molar-refractivity contribution < 1.29 is 14.5 Å². The van der Waals surface area contributed by atoms with Crippen LogP contribution in [0.5, 0.6) is 0 Å². The molecule has 0 radical (unpaired) electrons. The fourth-order valence-corrected chi connectivity index (χ4v) is 4.03. The fraction of sp³-hybridized carbons (Fsp3) is 0.375. The molecule has 0 aromatic heterocycles. The highest BCUT2D eigenvalue weighted by atomic mass is 16.6. The van der Waals surface area contributed by atoms with E-state index >= 15 is 0 Å². The van der Waals surface area contributed by atoms with Crippen molar-refractivity contribution in [2.75, 3.05) is 0 Å². The van der Waals surface area contributed by atoms with Gasteiger partial charge in [0.05, 0.1) is 23.3 Å². The number of rotatable bonds is 3. The van der Waals surface area contributed by atoms with Crippen LogP contribution in [0.4, 0.5) is 5.69 Å². The topological polar surface area (TPSA) is 80.5 Å². The molecule has 2 aliphatic carbocycles. The van der Waals surface area contributed by atoms with E-state index in [0.717, 1.165) is 12.0 Å². The highest BCUT2D eigenvalue weighted by molar-refractivity contribution is 6.06. The zero-order chi connectivity index (χ0) is 15.4. The van der Waals surface area contributed by atoms with Crippen LogP contribution in [0.25, 0.3) is 0 Å². The summed E-state index contributed by atoms with van der Waals surface area (Å²) in [6, 6.07) is 5.98. The molecule has 0 N–H and O–H groups in total. The summed E-state index contributed by atoms with van der Waals surface area (Å²) in [5.74, 6) is -0.168. The van der Waals surface area contributed by atoms with Crippen LogP contribution in [-0.4, -0.2) is 21.6 Å². The molecule has 4 atom stereocenters. The maximum absolute atomic E-state index is 12.5. The number of imide groups is 1. The fourth-order valence-electron chi connectivity index (χ4n) is 4.03. The van der Waals surface area contributed by atoms with Crippen molar-refractivity contribution in [3.8, 4) is 0 Å². The number of likely N-dealkylation sites (tertiary alicyclic amines) is 1. The average Bonchev–Trinajstić information content (AvgIpc) is 3.17. The average molecular weight is 298 g/mol. The Balaban J connectivity index is 1.56. The molecule has 1 aromatic rings. The number of carbonyl (C=O) groups excluding carboxylic acids is 2. The van der Waals surface area contributed by atoms with Crippen LogP contribution in [0, 0.1) is 33.8 Å². The normalized spacial score (nSPS) is 31.9. The zero-order valence-electron chi connectivity index (χ0n) is 11.7. The second kappa shape index (κ2) is 4.50. The first-order chi connectivity index (χ1) is 10.6. The third-order valence-corrected chi connectivity index (χ3v) is 5.05. The van der Waals surface area contributed by atoms with Gasteiger partial charge in [0.1, 0.15) is 0 Å². The Morgan fingerprint density at radius 1 is 1.05 bits per heavy atom. The number of nitro groups is 1. The van der Waals surface area contributed by atoms with Gasteiger partial charge in [-0.2, -0.15) is 0 Å².